The molecule has 114 valence electrons. The van der Waals surface area contributed by atoms with Gasteiger partial charge in [-0.25, -0.2) is 0 Å². The third kappa shape index (κ3) is 15.6. The van der Waals surface area contributed by atoms with Gasteiger partial charge in [-0.2, -0.15) is 12.6 Å². The fourth-order valence-corrected chi connectivity index (χ4v) is 1.35. The van der Waals surface area contributed by atoms with Gasteiger partial charge < -0.3 is 18.9 Å². The zero-order valence-electron chi connectivity index (χ0n) is 11.8. The van der Waals surface area contributed by atoms with Crippen molar-refractivity contribution < 1.29 is 23.7 Å². The van der Waals surface area contributed by atoms with Crippen LogP contribution in [0, 0.1) is 0 Å². The molecule has 6 heteroatoms. The highest BCUT2D eigenvalue weighted by Gasteiger charge is 1.99. The normalized spacial score (nSPS) is 10.6. The molecule has 0 aliphatic heterocycles. The van der Waals surface area contributed by atoms with Gasteiger partial charge in [0.25, 0.3) is 0 Å². The molecular weight excluding hydrogens is 268 g/mol. The van der Waals surface area contributed by atoms with Gasteiger partial charge in [0.05, 0.1) is 39.5 Å². The summed E-state index contributed by atoms with van der Waals surface area (Å²) in [6, 6.07) is 0. The molecular formula is C13H26O5S. The minimum absolute atomic E-state index is 0.237. The van der Waals surface area contributed by atoms with Crippen molar-refractivity contribution in [2.75, 3.05) is 52.0 Å². The highest BCUT2D eigenvalue weighted by atomic mass is 32.1. The van der Waals surface area contributed by atoms with Gasteiger partial charge in [0.15, 0.2) is 0 Å². The minimum Gasteiger partial charge on any atom is -0.463 e. The van der Waals surface area contributed by atoms with Gasteiger partial charge in [-0.05, 0) is 6.42 Å². The highest BCUT2D eigenvalue weighted by molar-refractivity contribution is 7.80. The summed E-state index contributed by atoms with van der Waals surface area (Å²) in [4.78, 5) is 11.0. The van der Waals surface area contributed by atoms with Crippen LogP contribution in [0.4, 0.5) is 0 Å². The van der Waals surface area contributed by atoms with E-state index in [4.69, 9.17) is 18.9 Å². The molecule has 0 spiro atoms. The van der Waals surface area contributed by atoms with E-state index in [-0.39, 0.29) is 12.6 Å². The van der Waals surface area contributed by atoms with Crippen molar-refractivity contribution in [2.24, 2.45) is 0 Å². The molecule has 0 radical (unpaired) electrons. The van der Waals surface area contributed by atoms with Crippen molar-refractivity contribution in [1.29, 1.82) is 0 Å². The average Bonchev–Trinajstić information content (AvgIpc) is 2.40. The van der Waals surface area contributed by atoms with E-state index in [2.05, 4.69) is 19.6 Å². The number of carbonyl (C=O) groups is 1. The first-order chi connectivity index (χ1) is 9.31. The lowest BCUT2D eigenvalue weighted by Gasteiger charge is -2.07. The summed E-state index contributed by atoms with van der Waals surface area (Å²) in [7, 11) is 0. The molecule has 0 saturated carbocycles. The molecule has 0 rings (SSSR count). The standard InChI is InChI=1S/C13H26O5S/c1-2-3-5-15-6-7-16-8-9-17-10-11-18-13(14)4-12-19/h19H,2-12H2,1H3. The van der Waals surface area contributed by atoms with Crippen LogP contribution in [0.2, 0.25) is 0 Å². The van der Waals surface area contributed by atoms with Crippen molar-refractivity contribution >= 4 is 18.6 Å². The Morgan fingerprint density at radius 2 is 1.42 bits per heavy atom. The molecule has 0 aromatic rings. The smallest absolute Gasteiger partial charge is 0.306 e. The molecule has 19 heavy (non-hydrogen) atoms. The Bertz CT molecular complexity index is 201. The SMILES string of the molecule is CCCCOCCOCCOCCOC(=O)CCS. The van der Waals surface area contributed by atoms with Gasteiger partial charge in [0.2, 0.25) is 0 Å². The lowest BCUT2D eigenvalue weighted by Crippen LogP contribution is -2.14. The first-order valence-electron chi connectivity index (χ1n) is 6.81. The quantitative estimate of drug-likeness (QED) is 0.300. The monoisotopic (exact) mass is 294 g/mol. The number of unbranched alkanes of at least 4 members (excludes halogenated alkanes) is 1. The Morgan fingerprint density at radius 3 is 1.95 bits per heavy atom. The Morgan fingerprint density at radius 1 is 0.895 bits per heavy atom. The molecule has 5 nitrogen and oxygen atoms in total. The second-order valence-corrected chi connectivity index (χ2v) is 4.33. The third-order valence-corrected chi connectivity index (χ3v) is 2.42. The molecule has 0 unspecified atom stereocenters. The predicted octanol–water partition coefficient (Wildman–Crippen LogP) is 1.70. The zero-order chi connectivity index (χ0) is 14.2. The summed E-state index contributed by atoms with van der Waals surface area (Å²) in [6.45, 7) is 5.86. The number of ether oxygens (including phenoxy) is 4. The van der Waals surface area contributed by atoms with E-state index in [0.29, 0.717) is 45.2 Å². The molecule has 0 bridgehead atoms. The van der Waals surface area contributed by atoms with Crippen LogP contribution in [-0.2, 0) is 23.7 Å². The molecule has 0 N–H and O–H groups in total. The zero-order valence-corrected chi connectivity index (χ0v) is 12.7. The summed E-state index contributed by atoms with van der Waals surface area (Å²) >= 11 is 3.94. The third-order valence-electron chi connectivity index (χ3n) is 2.19. The van der Waals surface area contributed by atoms with Crippen molar-refractivity contribution in [1.82, 2.24) is 0 Å². The van der Waals surface area contributed by atoms with Gasteiger partial charge >= 0.3 is 5.97 Å². The molecule has 0 aliphatic rings. The van der Waals surface area contributed by atoms with E-state index in [1.165, 1.54) is 0 Å². The van der Waals surface area contributed by atoms with Crippen LogP contribution in [0.1, 0.15) is 26.2 Å². The van der Waals surface area contributed by atoms with Crippen molar-refractivity contribution in [3.8, 4) is 0 Å². The van der Waals surface area contributed by atoms with Crippen LogP contribution in [0.3, 0.4) is 0 Å². The lowest BCUT2D eigenvalue weighted by molar-refractivity contribution is -0.144. The molecule has 0 aromatic heterocycles. The maximum absolute atomic E-state index is 11.0. The summed E-state index contributed by atoms with van der Waals surface area (Å²) in [5, 5.41) is 0. The van der Waals surface area contributed by atoms with Crippen LogP contribution >= 0.6 is 12.6 Å². The van der Waals surface area contributed by atoms with Gasteiger partial charge in [0.1, 0.15) is 6.61 Å². The largest absolute Gasteiger partial charge is 0.463 e. The number of rotatable bonds is 14. The van der Waals surface area contributed by atoms with Gasteiger partial charge in [-0.15, -0.1) is 0 Å². The second kappa shape index (κ2) is 15.8. The van der Waals surface area contributed by atoms with E-state index < -0.39 is 0 Å². The lowest BCUT2D eigenvalue weighted by atomic mass is 10.4. The molecule has 0 amide bonds. The fourth-order valence-electron chi connectivity index (χ4n) is 1.17. The van der Waals surface area contributed by atoms with Crippen LogP contribution < -0.4 is 0 Å². The van der Waals surface area contributed by atoms with E-state index >= 15 is 0 Å². The van der Waals surface area contributed by atoms with Gasteiger partial charge in [-0.1, -0.05) is 13.3 Å². The van der Waals surface area contributed by atoms with E-state index in [1.54, 1.807) is 0 Å². The highest BCUT2D eigenvalue weighted by Crippen LogP contribution is 1.90. The molecule has 0 fully saturated rings. The van der Waals surface area contributed by atoms with Crippen LogP contribution in [0.15, 0.2) is 0 Å². The van der Waals surface area contributed by atoms with Crippen LogP contribution in [0.25, 0.3) is 0 Å². The fraction of sp³-hybridized carbons (Fsp3) is 0.923. The molecule has 0 saturated heterocycles. The van der Waals surface area contributed by atoms with Crippen molar-refractivity contribution in [3.63, 3.8) is 0 Å². The van der Waals surface area contributed by atoms with Gasteiger partial charge in [-0.3, -0.25) is 4.79 Å². The average molecular weight is 294 g/mol. The number of hydrogen-bond acceptors (Lipinski definition) is 6. The van der Waals surface area contributed by atoms with E-state index in [9.17, 15) is 4.79 Å². The summed E-state index contributed by atoms with van der Waals surface area (Å²) in [5.74, 6) is 0.271. The number of esters is 1. The van der Waals surface area contributed by atoms with Crippen LogP contribution in [-0.4, -0.2) is 58.0 Å². The molecule has 0 aliphatic carbocycles. The second-order valence-electron chi connectivity index (χ2n) is 3.88. The maximum Gasteiger partial charge on any atom is 0.306 e. The Balaban J connectivity index is 3.01. The maximum atomic E-state index is 11.0. The Labute approximate surface area is 121 Å². The van der Waals surface area contributed by atoms with E-state index in [1.807, 2.05) is 0 Å². The Kier molecular flexibility index (Phi) is 15.5. The first-order valence-corrected chi connectivity index (χ1v) is 7.44. The van der Waals surface area contributed by atoms with Crippen molar-refractivity contribution in [3.05, 3.63) is 0 Å². The summed E-state index contributed by atoms with van der Waals surface area (Å²) < 4.78 is 20.8. The number of thiol groups is 1. The topological polar surface area (TPSA) is 54.0 Å². The molecule has 0 heterocycles. The molecule has 0 atom stereocenters. The number of hydrogen-bond donors (Lipinski definition) is 1. The molecule has 0 aromatic carbocycles. The van der Waals surface area contributed by atoms with Crippen molar-refractivity contribution in [2.45, 2.75) is 26.2 Å². The first kappa shape index (κ1) is 18.7. The number of carbonyl (C=O) groups excluding carboxylic acids is 1. The van der Waals surface area contributed by atoms with Gasteiger partial charge in [0, 0.05) is 12.4 Å². The summed E-state index contributed by atoms with van der Waals surface area (Å²) in [6.07, 6.45) is 2.58. The van der Waals surface area contributed by atoms with E-state index in [0.717, 1.165) is 19.4 Å². The van der Waals surface area contributed by atoms with Crippen LogP contribution in [0.5, 0.6) is 0 Å². The minimum atomic E-state index is -0.237. The Hall–Kier alpha value is -0.300. The summed E-state index contributed by atoms with van der Waals surface area (Å²) in [5.41, 5.74) is 0. The predicted molar refractivity (Wildman–Crippen MR) is 76.8 cm³/mol.